The molecule has 1 saturated carbocycles. The summed E-state index contributed by atoms with van der Waals surface area (Å²) in [6.45, 7) is 7.08. The van der Waals surface area contributed by atoms with Crippen molar-refractivity contribution in [1.82, 2.24) is 0 Å². The quantitative estimate of drug-likeness (QED) is 0.309. The molecule has 0 bridgehead atoms. The third-order valence-electron chi connectivity index (χ3n) is 4.39. The van der Waals surface area contributed by atoms with Crippen molar-refractivity contribution in [2.45, 2.75) is 33.6 Å². The number of hydrogen-bond acceptors (Lipinski definition) is 0. The van der Waals surface area contributed by atoms with Gasteiger partial charge in [0.15, 0.2) is 0 Å². The van der Waals surface area contributed by atoms with Gasteiger partial charge in [-0.1, -0.05) is 32.4 Å². The van der Waals surface area contributed by atoms with Crippen LogP contribution in [0.3, 0.4) is 0 Å². The fraction of sp³-hybridized carbons (Fsp3) is 0.400. The van der Waals surface area contributed by atoms with Gasteiger partial charge in [0.25, 0.3) is 0 Å². The zero-order valence-corrected chi connectivity index (χ0v) is 15.8. The van der Waals surface area contributed by atoms with Gasteiger partial charge in [-0.15, -0.1) is 0 Å². The van der Waals surface area contributed by atoms with E-state index >= 15 is 0 Å². The summed E-state index contributed by atoms with van der Waals surface area (Å²) in [5, 5.41) is 0. The topological polar surface area (TPSA) is 0 Å². The second kappa shape index (κ2) is 10.3. The zero-order chi connectivity index (χ0) is 14.4. The van der Waals surface area contributed by atoms with Gasteiger partial charge in [-0.2, -0.15) is 36.4 Å². The van der Waals surface area contributed by atoms with E-state index in [1.807, 2.05) is 60.7 Å². The molecule has 2 aliphatic carbocycles. The van der Waals surface area contributed by atoms with Crippen molar-refractivity contribution in [3.63, 3.8) is 0 Å². The largest absolute Gasteiger partial charge is 0.214 e. The summed E-state index contributed by atoms with van der Waals surface area (Å²) in [6, 6.07) is 20.0. The summed E-state index contributed by atoms with van der Waals surface area (Å²) in [5.41, 5.74) is 2.33. The average molecular weight is 378 g/mol. The van der Waals surface area contributed by atoms with Gasteiger partial charge in [0, 0.05) is 34.1 Å². The average Bonchev–Trinajstić information content (AvgIpc) is 3.05. The molecule has 22 heavy (non-hydrogen) atoms. The second-order valence-corrected chi connectivity index (χ2v) is 6.38. The molecule has 1 fully saturated rings. The maximum Gasteiger partial charge on any atom is 0 e. The van der Waals surface area contributed by atoms with Gasteiger partial charge in [0.1, 0.15) is 0 Å². The van der Waals surface area contributed by atoms with Crippen LogP contribution in [0, 0.1) is 17.3 Å². The molecule has 0 radical (unpaired) electrons. The van der Waals surface area contributed by atoms with E-state index in [1.54, 1.807) is 5.57 Å². The smallest absolute Gasteiger partial charge is 0 e. The monoisotopic (exact) mass is 378 g/mol. The Kier molecular flexibility index (Phi) is 10.0. The molecule has 0 amide bonds. The van der Waals surface area contributed by atoms with Crippen molar-refractivity contribution >= 4 is 0 Å². The van der Waals surface area contributed by atoms with Gasteiger partial charge in [0.05, 0.1) is 0 Å². The van der Waals surface area contributed by atoms with Crippen molar-refractivity contribution in [2.75, 3.05) is 0 Å². The molecule has 0 saturated heterocycles. The molecule has 0 aliphatic heterocycles. The Balaban J connectivity index is 0.000000316. The first-order valence-corrected chi connectivity index (χ1v) is 7.68. The van der Waals surface area contributed by atoms with Gasteiger partial charge in [-0.25, -0.2) is 24.3 Å². The van der Waals surface area contributed by atoms with E-state index in [-0.39, 0.29) is 34.1 Å². The van der Waals surface area contributed by atoms with Crippen LogP contribution in [0.2, 0.25) is 0 Å². The van der Waals surface area contributed by atoms with E-state index in [0.717, 1.165) is 11.8 Å². The normalized spacial score (nSPS) is 22.8. The van der Waals surface area contributed by atoms with Crippen LogP contribution in [-0.2, 0) is 34.1 Å². The fourth-order valence-electron chi connectivity index (χ4n) is 2.98. The van der Waals surface area contributed by atoms with Crippen molar-refractivity contribution < 1.29 is 34.1 Å². The Hall–Kier alpha value is -0.521. The maximum absolute atomic E-state index is 2.49. The van der Waals surface area contributed by atoms with E-state index in [0.29, 0.717) is 5.41 Å². The fourth-order valence-corrected chi connectivity index (χ4v) is 2.98. The maximum atomic E-state index is 2.49. The van der Waals surface area contributed by atoms with Crippen LogP contribution in [0.25, 0.3) is 0 Å². The van der Waals surface area contributed by atoms with Crippen LogP contribution in [0.1, 0.15) is 33.6 Å². The van der Waals surface area contributed by atoms with E-state index in [4.69, 9.17) is 0 Å². The molecular weight excluding hydrogens is 352 g/mol. The molecule has 0 spiro atoms. The van der Waals surface area contributed by atoms with Gasteiger partial charge in [-0.05, 0) is 30.1 Å². The molecule has 0 aromatic heterocycles. The molecular formula is C20H26Fe2-2. The van der Waals surface area contributed by atoms with Gasteiger partial charge < -0.3 is 0 Å². The van der Waals surface area contributed by atoms with Crippen LogP contribution in [0.5, 0.6) is 0 Å². The van der Waals surface area contributed by atoms with Crippen molar-refractivity contribution in [2.24, 2.45) is 17.3 Å². The minimum absolute atomic E-state index is 0. The van der Waals surface area contributed by atoms with E-state index in [9.17, 15) is 0 Å². The minimum Gasteiger partial charge on any atom is -0.214 e. The third-order valence-corrected chi connectivity index (χ3v) is 4.39. The Labute approximate surface area is 157 Å². The molecule has 0 heterocycles. The number of allylic oxidation sites excluding steroid dienone is 2. The van der Waals surface area contributed by atoms with Crippen LogP contribution in [0.15, 0.2) is 72.3 Å². The van der Waals surface area contributed by atoms with Gasteiger partial charge >= 0.3 is 0 Å². The first kappa shape index (κ1) is 21.5. The number of rotatable bonds is 0. The molecule has 2 aliphatic rings. The number of fused-ring (bicyclic) bond motifs is 1. The molecule has 0 nitrogen and oxygen atoms in total. The SMILES string of the molecule is CC1C=C2C(CC1)C2(C)C.[Fe].[Fe].c1cc[cH-]c1.c1cc[cH-]c1. The van der Waals surface area contributed by atoms with Crippen LogP contribution in [0.4, 0.5) is 0 Å². The van der Waals surface area contributed by atoms with Crippen LogP contribution >= 0.6 is 0 Å². The van der Waals surface area contributed by atoms with Crippen LogP contribution < -0.4 is 0 Å². The first-order valence-electron chi connectivity index (χ1n) is 7.68. The Morgan fingerprint density at radius 1 is 0.864 bits per heavy atom. The molecule has 0 N–H and O–H groups in total. The molecule has 124 valence electrons. The Morgan fingerprint density at radius 3 is 1.59 bits per heavy atom. The Bertz CT molecular complexity index is 431. The zero-order valence-electron chi connectivity index (χ0n) is 13.6. The standard InChI is InChI=1S/C10H16.2C5H5.2Fe/c1-7-4-5-8-9(6-7)10(8,2)3;2*1-2-4-5-3-1;;/h6-8H,4-5H2,1-3H3;2*1-5H;;/q;2*-1;;. The summed E-state index contributed by atoms with van der Waals surface area (Å²) < 4.78 is 0. The third kappa shape index (κ3) is 6.31. The van der Waals surface area contributed by atoms with Crippen molar-refractivity contribution in [3.8, 4) is 0 Å². The second-order valence-electron chi connectivity index (χ2n) is 6.38. The molecule has 2 atom stereocenters. The van der Waals surface area contributed by atoms with Crippen molar-refractivity contribution in [3.05, 3.63) is 72.3 Å². The summed E-state index contributed by atoms with van der Waals surface area (Å²) in [5.74, 6) is 1.82. The van der Waals surface area contributed by atoms with Gasteiger partial charge in [0.2, 0.25) is 0 Å². The molecule has 2 unspecified atom stereocenters. The molecule has 2 aromatic rings. The summed E-state index contributed by atoms with van der Waals surface area (Å²) >= 11 is 0. The summed E-state index contributed by atoms with van der Waals surface area (Å²) in [4.78, 5) is 0. The van der Waals surface area contributed by atoms with Gasteiger partial charge in [-0.3, -0.25) is 0 Å². The molecule has 4 rings (SSSR count). The number of hydrogen-bond donors (Lipinski definition) is 0. The van der Waals surface area contributed by atoms with E-state index in [2.05, 4.69) is 26.8 Å². The predicted octanol–water partition coefficient (Wildman–Crippen LogP) is 5.80. The van der Waals surface area contributed by atoms with E-state index in [1.165, 1.54) is 12.8 Å². The minimum atomic E-state index is 0. The predicted molar refractivity (Wildman–Crippen MR) is 87.8 cm³/mol. The molecule has 2 heteroatoms. The van der Waals surface area contributed by atoms with E-state index < -0.39 is 0 Å². The van der Waals surface area contributed by atoms with Crippen LogP contribution in [-0.4, -0.2) is 0 Å². The summed E-state index contributed by atoms with van der Waals surface area (Å²) in [7, 11) is 0. The summed E-state index contributed by atoms with van der Waals surface area (Å²) in [6.07, 6.45) is 5.35. The Morgan fingerprint density at radius 2 is 1.32 bits per heavy atom. The van der Waals surface area contributed by atoms with Crippen molar-refractivity contribution in [1.29, 1.82) is 0 Å². The molecule has 2 aromatic carbocycles. The first-order chi connectivity index (χ1) is 9.62.